The van der Waals surface area contributed by atoms with Crippen molar-refractivity contribution in [3.05, 3.63) is 30.1 Å². The highest BCUT2D eigenvalue weighted by molar-refractivity contribution is 5.46. The van der Waals surface area contributed by atoms with Gasteiger partial charge in [-0.2, -0.15) is 5.26 Å². The number of hydrogen-bond acceptors (Lipinski definition) is 3. The first kappa shape index (κ1) is 13.8. The van der Waals surface area contributed by atoms with Crippen molar-refractivity contribution in [1.82, 2.24) is 5.32 Å². The maximum absolute atomic E-state index is 12.9. The van der Waals surface area contributed by atoms with Crippen molar-refractivity contribution < 1.29 is 4.39 Å². The lowest BCUT2D eigenvalue weighted by Gasteiger charge is -2.39. The summed E-state index contributed by atoms with van der Waals surface area (Å²) < 4.78 is 12.9. The highest BCUT2D eigenvalue weighted by Crippen LogP contribution is 2.31. The molecule has 0 aliphatic heterocycles. The smallest absolute Gasteiger partial charge is 0.123 e. The van der Waals surface area contributed by atoms with Gasteiger partial charge in [0, 0.05) is 18.8 Å². The summed E-state index contributed by atoms with van der Waals surface area (Å²) in [5, 5.41) is 12.4. The second-order valence-corrected chi connectivity index (χ2v) is 5.26. The van der Waals surface area contributed by atoms with E-state index in [2.05, 4.69) is 16.3 Å². The molecule has 0 saturated heterocycles. The van der Waals surface area contributed by atoms with Gasteiger partial charge in [0.2, 0.25) is 0 Å². The third-order valence-electron chi connectivity index (χ3n) is 4.28. The summed E-state index contributed by atoms with van der Waals surface area (Å²) in [6.07, 6.45) is 3.66. The molecule has 0 atom stereocenters. The number of anilines is 1. The zero-order valence-electron chi connectivity index (χ0n) is 11.5. The molecular formula is C15H20FN3. The van der Waals surface area contributed by atoms with Crippen LogP contribution >= 0.6 is 0 Å². The predicted molar refractivity (Wildman–Crippen MR) is 74.5 cm³/mol. The largest absolute Gasteiger partial charge is 0.372 e. The maximum atomic E-state index is 12.9. The van der Waals surface area contributed by atoms with Crippen LogP contribution < -0.4 is 10.2 Å². The molecule has 4 heteroatoms. The fraction of sp³-hybridized carbons (Fsp3) is 0.533. The van der Waals surface area contributed by atoms with Crippen molar-refractivity contribution in [3.63, 3.8) is 0 Å². The third kappa shape index (κ3) is 2.87. The fourth-order valence-electron chi connectivity index (χ4n) is 2.79. The van der Waals surface area contributed by atoms with Gasteiger partial charge < -0.3 is 10.2 Å². The number of nitrogens with zero attached hydrogens (tertiary/aromatic N) is 2. The quantitative estimate of drug-likeness (QED) is 0.909. The van der Waals surface area contributed by atoms with E-state index in [0.717, 1.165) is 31.4 Å². The minimum atomic E-state index is -0.361. The Balaban J connectivity index is 2.02. The van der Waals surface area contributed by atoms with E-state index >= 15 is 0 Å². The van der Waals surface area contributed by atoms with Gasteiger partial charge in [-0.1, -0.05) is 0 Å². The maximum Gasteiger partial charge on any atom is 0.123 e. The third-order valence-corrected chi connectivity index (χ3v) is 4.28. The summed E-state index contributed by atoms with van der Waals surface area (Å²) in [7, 11) is 3.89. The molecule has 102 valence electrons. The van der Waals surface area contributed by atoms with Gasteiger partial charge in [0.05, 0.1) is 6.07 Å². The molecule has 1 aliphatic carbocycles. The highest BCUT2D eigenvalue weighted by Gasteiger charge is 2.35. The predicted octanol–water partition coefficient (Wildman–Crippen LogP) is 2.69. The second kappa shape index (κ2) is 5.58. The lowest BCUT2D eigenvalue weighted by atomic mass is 9.80. The van der Waals surface area contributed by atoms with Crippen LogP contribution in [-0.2, 0) is 0 Å². The molecule has 1 aromatic carbocycles. The van der Waals surface area contributed by atoms with Crippen molar-refractivity contribution in [1.29, 1.82) is 5.26 Å². The minimum absolute atomic E-state index is 0.209. The molecule has 3 nitrogen and oxygen atoms in total. The van der Waals surface area contributed by atoms with E-state index in [4.69, 9.17) is 0 Å². The average Bonchev–Trinajstić information content (AvgIpc) is 2.47. The zero-order chi connectivity index (χ0) is 13.9. The average molecular weight is 261 g/mol. The molecule has 2 rings (SSSR count). The second-order valence-electron chi connectivity index (χ2n) is 5.26. The molecule has 0 radical (unpaired) electrons. The number of nitrogens with one attached hydrogen (secondary N) is 1. The molecule has 1 saturated carbocycles. The summed E-state index contributed by atoms with van der Waals surface area (Å²) in [5.41, 5.74) is 0.667. The first-order valence-electron chi connectivity index (χ1n) is 6.69. The van der Waals surface area contributed by atoms with Gasteiger partial charge >= 0.3 is 0 Å². The van der Waals surface area contributed by atoms with Crippen LogP contribution in [0.2, 0.25) is 0 Å². The molecule has 1 aromatic rings. The number of rotatable bonds is 3. The Morgan fingerprint density at radius 3 is 2.37 bits per heavy atom. The molecule has 1 aliphatic rings. The van der Waals surface area contributed by atoms with E-state index in [1.807, 2.05) is 14.1 Å². The highest BCUT2D eigenvalue weighted by atomic mass is 19.1. The monoisotopic (exact) mass is 261 g/mol. The van der Waals surface area contributed by atoms with E-state index in [1.54, 1.807) is 12.1 Å². The van der Waals surface area contributed by atoms with Crippen molar-refractivity contribution in [2.75, 3.05) is 19.0 Å². The van der Waals surface area contributed by atoms with Crippen LogP contribution in [0.15, 0.2) is 24.3 Å². The molecule has 0 bridgehead atoms. The van der Waals surface area contributed by atoms with Gasteiger partial charge in [0.25, 0.3) is 0 Å². The lowest BCUT2D eigenvalue weighted by Crippen LogP contribution is -2.48. The fourth-order valence-corrected chi connectivity index (χ4v) is 2.79. The Hall–Kier alpha value is -1.60. The Kier molecular flexibility index (Phi) is 4.06. The standard InChI is InChI=1S/C15H20FN3/c1-18-15(11-17)9-7-14(8-10-15)19(2)13-5-3-12(16)4-6-13/h3-6,14,18H,7-10H2,1-2H3. The van der Waals surface area contributed by atoms with Gasteiger partial charge in [-0.25, -0.2) is 4.39 Å². The van der Waals surface area contributed by atoms with Crippen molar-refractivity contribution >= 4 is 5.69 Å². The Morgan fingerprint density at radius 1 is 1.32 bits per heavy atom. The van der Waals surface area contributed by atoms with Crippen molar-refractivity contribution in [3.8, 4) is 6.07 Å². The van der Waals surface area contributed by atoms with E-state index < -0.39 is 0 Å². The molecule has 0 amide bonds. The molecule has 0 unspecified atom stereocenters. The SMILES string of the molecule is CNC1(C#N)CCC(N(C)c2ccc(F)cc2)CC1. The first-order valence-corrected chi connectivity index (χ1v) is 6.69. The summed E-state index contributed by atoms with van der Waals surface area (Å²) in [6.45, 7) is 0. The Morgan fingerprint density at radius 2 is 1.89 bits per heavy atom. The molecule has 0 spiro atoms. The summed E-state index contributed by atoms with van der Waals surface area (Å²) >= 11 is 0. The molecule has 0 aromatic heterocycles. The van der Waals surface area contributed by atoms with Crippen LogP contribution in [0.4, 0.5) is 10.1 Å². The van der Waals surface area contributed by atoms with E-state index in [-0.39, 0.29) is 11.4 Å². The number of nitriles is 1. The Labute approximate surface area is 114 Å². The number of hydrogen-bond donors (Lipinski definition) is 1. The topological polar surface area (TPSA) is 39.1 Å². The zero-order valence-corrected chi connectivity index (χ0v) is 11.5. The van der Waals surface area contributed by atoms with E-state index in [1.165, 1.54) is 12.1 Å². The van der Waals surface area contributed by atoms with Gasteiger partial charge in [0.1, 0.15) is 11.4 Å². The molecular weight excluding hydrogens is 241 g/mol. The van der Waals surface area contributed by atoms with Gasteiger partial charge in [-0.3, -0.25) is 0 Å². The van der Waals surface area contributed by atoms with Crippen LogP contribution in [0.3, 0.4) is 0 Å². The van der Waals surface area contributed by atoms with E-state index in [9.17, 15) is 9.65 Å². The van der Waals surface area contributed by atoms with Crippen LogP contribution in [-0.4, -0.2) is 25.7 Å². The summed E-state index contributed by atoms with van der Waals surface area (Å²) in [4.78, 5) is 2.19. The number of benzene rings is 1. The molecule has 0 heterocycles. The van der Waals surface area contributed by atoms with Crippen LogP contribution in [0.25, 0.3) is 0 Å². The van der Waals surface area contributed by atoms with Crippen LogP contribution in [0, 0.1) is 17.1 Å². The van der Waals surface area contributed by atoms with Crippen molar-refractivity contribution in [2.45, 2.75) is 37.3 Å². The van der Waals surface area contributed by atoms with Gasteiger partial charge in [-0.15, -0.1) is 0 Å². The molecule has 1 fully saturated rings. The minimum Gasteiger partial charge on any atom is -0.372 e. The first-order chi connectivity index (χ1) is 9.10. The van der Waals surface area contributed by atoms with Gasteiger partial charge in [0.15, 0.2) is 0 Å². The van der Waals surface area contributed by atoms with Crippen LogP contribution in [0.5, 0.6) is 0 Å². The van der Waals surface area contributed by atoms with E-state index in [0.29, 0.717) is 6.04 Å². The summed E-state index contributed by atoms with van der Waals surface area (Å²) in [5.74, 6) is -0.209. The molecule has 19 heavy (non-hydrogen) atoms. The summed E-state index contributed by atoms with van der Waals surface area (Å²) in [6, 6.07) is 9.40. The lowest BCUT2D eigenvalue weighted by molar-refractivity contribution is 0.287. The van der Waals surface area contributed by atoms with Gasteiger partial charge in [-0.05, 0) is 57.0 Å². The molecule has 1 N–H and O–H groups in total. The Bertz CT molecular complexity index is 455. The normalized spacial score (nSPS) is 26.7. The number of halogens is 1. The van der Waals surface area contributed by atoms with Crippen LogP contribution in [0.1, 0.15) is 25.7 Å². The van der Waals surface area contributed by atoms with Crippen molar-refractivity contribution in [2.24, 2.45) is 0 Å².